The van der Waals surface area contributed by atoms with Gasteiger partial charge in [0.05, 0.1) is 33.6 Å². The molecule has 3 saturated heterocycles. The Kier molecular flexibility index (Phi) is 15.9. The molecular weight excluding hydrogens is 1430 g/mol. The highest BCUT2D eigenvalue weighted by molar-refractivity contribution is 7.25. The lowest BCUT2D eigenvalue weighted by atomic mass is 9.75. The summed E-state index contributed by atoms with van der Waals surface area (Å²) in [5.41, 5.74) is 15.1. The number of hydrogen-bond acceptors (Lipinski definition) is 11. The molecule has 8 heterocycles. The SMILES string of the molecule is CC1(C)OB(c2ccc3c(c2)oc2ccc(-c4ccc5oc6c7ccccc7ccc6c5c4)cc23)OC1(C)C.CC1(C)OB(c2ccc3sc4ccc(-c5ccc6ccc7c8ccccc8oc7c6c5)cc4c3c2)OC1(C)C.CC1(C)OB(c2cccc3ccc(-c4cc5c6ccccc6oc5c5ccccc45)cc23)OC1(C)C. The fourth-order valence-corrected chi connectivity index (χ4v) is 18.1. The van der Waals surface area contributed by atoms with Crippen molar-refractivity contribution in [3.8, 4) is 33.4 Å². The molecule has 23 rings (SSSR count). The van der Waals surface area contributed by atoms with Gasteiger partial charge in [-0.3, -0.25) is 0 Å². The van der Waals surface area contributed by atoms with Gasteiger partial charge in [0.2, 0.25) is 0 Å². The Bertz CT molecular complexity index is 7350. The van der Waals surface area contributed by atoms with E-state index < -0.39 is 14.2 Å². The summed E-state index contributed by atoms with van der Waals surface area (Å²) in [5.74, 6) is 0. The monoisotopic (exact) mass is 1510 g/mol. The lowest BCUT2D eigenvalue weighted by Crippen LogP contribution is -2.41. The third-order valence-electron chi connectivity index (χ3n) is 25.5. The minimum Gasteiger partial charge on any atom is -0.456 e. The van der Waals surface area contributed by atoms with Gasteiger partial charge in [0, 0.05) is 74.0 Å². The highest BCUT2D eigenvalue weighted by Crippen LogP contribution is 2.47. The van der Waals surface area contributed by atoms with Crippen molar-refractivity contribution in [2.24, 2.45) is 0 Å². The molecule has 15 aromatic carbocycles. The zero-order valence-electron chi connectivity index (χ0n) is 65.7. The molecule has 3 fully saturated rings. The Morgan fingerprint density at radius 3 is 1.22 bits per heavy atom. The summed E-state index contributed by atoms with van der Waals surface area (Å²) in [7, 11) is -1.20. The van der Waals surface area contributed by atoms with Crippen LogP contribution >= 0.6 is 11.3 Å². The second kappa shape index (κ2) is 25.6. The Morgan fingerprint density at radius 1 is 0.219 bits per heavy atom. The lowest BCUT2D eigenvalue weighted by Gasteiger charge is -2.32. The molecule has 14 heteroatoms. The van der Waals surface area contributed by atoms with E-state index in [1.807, 2.05) is 41.7 Å². The molecule has 0 atom stereocenters. The van der Waals surface area contributed by atoms with Gasteiger partial charge in [-0.25, -0.2) is 0 Å². The van der Waals surface area contributed by atoms with Crippen molar-refractivity contribution >= 4 is 200 Å². The maximum atomic E-state index is 6.43. The van der Waals surface area contributed by atoms with Crippen LogP contribution in [0.1, 0.15) is 83.1 Å². The molecule has 3 aliphatic heterocycles. The van der Waals surface area contributed by atoms with Crippen molar-refractivity contribution < 1.29 is 45.6 Å². The lowest BCUT2D eigenvalue weighted by molar-refractivity contribution is 0.00578. The summed E-state index contributed by atoms with van der Waals surface area (Å²) >= 11 is 1.83. The highest BCUT2D eigenvalue weighted by Gasteiger charge is 2.54. The Labute approximate surface area is 664 Å². The first kappa shape index (κ1) is 70.6. The van der Waals surface area contributed by atoms with Crippen molar-refractivity contribution in [2.45, 2.75) is 117 Å². The molecule has 20 aromatic rings. The summed E-state index contributed by atoms with van der Waals surface area (Å²) in [4.78, 5) is 0. The maximum Gasteiger partial charge on any atom is 0.495 e. The van der Waals surface area contributed by atoms with Crippen molar-refractivity contribution in [3.05, 3.63) is 273 Å². The Balaban J connectivity index is 0.000000108. The molecular formula is C100H81B3O10S. The first-order valence-corrected chi connectivity index (χ1v) is 40.2. The average molecular weight is 1510 g/mol. The molecule has 556 valence electrons. The molecule has 0 spiro atoms. The predicted octanol–water partition coefficient (Wildman–Crippen LogP) is 25.5. The van der Waals surface area contributed by atoms with Crippen molar-refractivity contribution in [3.63, 3.8) is 0 Å². The van der Waals surface area contributed by atoms with E-state index in [0.29, 0.717) is 0 Å². The minimum atomic E-state index is -0.420. The summed E-state index contributed by atoms with van der Waals surface area (Å²) in [6, 6.07) is 96.6. The second-order valence-electron chi connectivity index (χ2n) is 34.1. The van der Waals surface area contributed by atoms with Gasteiger partial charge in [0.15, 0.2) is 0 Å². The molecule has 0 aliphatic carbocycles. The number of fused-ring (bicyclic) bond motifs is 22. The molecule has 10 nitrogen and oxygen atoms in total. The van der Waals surface area contributed by atoms with E-state index in [0.717, 1.165) is 142 Å². The highest BCUT2D eigenvalue weighted by atomic mass is 32.1. The number of furan rings is 4. The van der Waals surface area contributed by atoms with Crippen LogP contribution in [0.4, 0.5) is 0 Å². The third-order valence-corrected chi connectivity index (χ3v) is 26.7. The van der Waals surface area contributed by atoms with Crippen LogP contribution in [-0.4, -0.2) is 55.0 Å². The van der Waals surface area contributed by atoms with Gasteiger partial charge >= 0.3 is 21.4 Å². The summed E-state index contributed by atoms with van der Waals surface area (Å²) in [5, 5.41) is 20.8. The normalized spacial score (nSPS) is 16.9. The van der Waals surface area contributed by atoms with E-state index in [-0.39, 0.29) is 40.7 Å². The van der Waals surface area contributed by atoms with E-state index >= 15 is 0 Å². The molecule has 0 radical (unpaired) electrons. The molecule has 0 saturated carbocycles. The Morgan fingerprint density at radius 2 is 0.588 bits per heavy atom. The van der Waals surface area contributed by atoms with Gasteiger partial charge in [0.25, 0.3) is 0 Å². The van der Waals surface area contributed by atoms with Crippen LogP contribution in [0.3, 0.4) is 0 Å². The van der Waals surface area contributed by atoms with Gasteiger partial charge in [-0.1, -0.05) is 182 Å². The number of thiophene rings is 1. The maximum absolute atomic E-state index is 6.43. The molecule has 0 amide bonds. The van der Waals surface area contributed by atoms with E-state index in [1.165, 1.54) is 58.4 Å². The van der Waals surface area contributed by atoms with Gasteiger partial charge in [-0.2, -0.15) is 0 Å². The second-order valence-corrected chi connectivity index (χ2v) is 35.2. The molecule has 0 unspecified atom stereocenters. The number of benzene rings is 15. The largest absolute Gasteiger partial charge is 0.495 e. The van der Waals surface area contributed by atoms with Crippen molar-refractivity contribution in [1.82, 2.24) is 0 Å². The van der Waals surface area contributed by atoms with Gasteiger partial charge in [-0.05, 0) is 256 Å². The molecule has 0 bridgehead atoms. The number of hydrogen-bond donors (Lipinski definition) is 0. The smallest absolute Gasteiger partial charge is 0.456 e. The minimum absolute atomic E-state index is 0.363. The van der Waals surface area contributed by atoms with Crippen molar-refractivity contribution in [2.75, 3.05) is 0 Å². The third kappa shape index (κ3) is 11.4. The van der Waals surface area contributed by atoms with Gasteiger partial charge in [0.1, 0.15) is 44.7 Å². The van der Waals surface area contributed by atoms with E-state index in [4.69, 9.17) is 45.6 Å². The van der Waals surface area contributed by atoms with E-state index in [9.17, 15) is 0 Å². The summed E-state index contributed by atoms with van der Waals surface area (Å²) < 4.78 is 65.9. The van der Waals surface area contributed by atoms with Crippen LogP contribution in [0, 0.1) is 0 Å². The fourth-order valence-electron chi connectivity index (χ4n) is 17.0. The van der Waals surface area contributed by atoms with Crippen LogP contribution in [-0.2, 0) is 27.9 Å². The fraction of sp³-hybridized carbons (Fsp3) is 0.180. The van der Waals surface area contributed by atoms with Crippen LogP contribution < -0.4 is 16.4 Å². The molecule has 114 heavy (non-hydrogen) atoms. The number of para-hydroxylation sites is 2. The van der Waals surface area contributed by atoms with Crippen LogP contribution in [0.2, 0.25) is 0 Å². The zero-order valence-corrected chi connectivity index (χ0v) is 66.5. The average Bonchev–Trinajstić information content (AvgIpc) is 1.54. The first-order chi connectivity index (χ1) is 54.9. The first-order valence-electron chi connectivity index (χ1n) is 39.4. The predicted molar refractivity (Wildman–Crippen MR) is 475 cm³/mol. The van der Waals surface area contributed by atoms with Gasteiger partial charge in [-0.15, -0.1) is 11.3 Å². The van der Waals surface area contributed by atoms with E-state index in [2.05, 4.69) is 326 Å². The Hall–Kier alpha value is -11.3. The van der Waals surface area contributed by atoms with Crippen LogP contribution in [0.15, 0.2) is 291 Å². The van der Waals surface area contributed by atoms with Crippen LogP contribution in [0.25, 0.3) is 184 Å². The molecule has 5 aromatic heterocycles. The molecule has 0 N–H and O–H groups in total. The quantitative estimate of drug-likeness (QED) is 0.149. The number of rotatable bonds is 6. The van der Waals surface area contributed by atoms with Gasteiger partial charge < -0.3 is 45.6 Å². The van der Waals surface area contributed by atoms with Crippen molar-refractivity contribution in [1.29, 1.82) is 0 Å². The zero-order chi connectivity index (χ0) is 77.7. The summed E-state index contributed by atoms with van der Waals surface area (Å²) in [6.07, 6.45) is 0. The summed E-state index contributed by atoms with van der Waals surface area (Å²) in [6.45, 7) is 25.1. The van der Waals surface area contributed by atoms with Crippen LogP contribution in [0.5, 0.6) is 0 Å². The molecule has 3 aliphatic rings. The van der Waals surface area contributed by atoms with E-state index in [1.54, 1.807) is 0 Å². The standard InChI is InChI=1S/C34H27BO4.C34H27BO3S.C32H27BO3/c1-33(2)34(3,4)39-35(38-33)23-12-14-25-27-17-21(10-15-29(27)36-31(25)19-23)22-11-16-30-28(18-22)26-13-9-20-7-5-6-8-24(20)32(26)37-30;1-33(2)34(3,4)38-35(37-33)23-13-16-31-28(19-23)27-18-22(12-15-30(27)39-31)21-10-9-20-11-14-25-24-7-5-6-8-29(24)36-32(25)26(20)17-21;1-31(2)32(3,4)36-33(35-31)28-14-9-10-20-16-17-21(18-26(20)28)25-19-27-23-12-7-8-15-29(23)34-30(27)24-13-6-5-11-22(24)25/h2*5-19H,1-4H3;5-19H,1-4H3. The topological polar surface area (TPSA) is 108 Å².